The number of benzene rings is 2. The highest BCUT2D eigenvalue weighted by molar-refractivity contribution is 5.87. The van der Waals surface area contributed by atoms with E-state index in [0.717, 1.165) is 12.0 Å². The van der Waals surface area contributed by atoms with Crippen LogP contribution in [0.1, 0.15) is 24.2 Å². The van der Waals surface area contributed by atoms with Crippen molar-refractivity contribution in [2.24, 2.45) is 5.92 Å². The van der Waals surface area contributed by atoms with Crippen LogP contribution in [-0.2, 0) is 6.42 Å². The fourth-order valence-electron chi connectivity index (χ4n) is 2.61. The largest absolute Gasteiger partial charge is 0.388 e. The van der Waals surface area contributed by atoms with Crippen molar-refractivity contribution in [3.8, 4) is 0 Å². The lowest BCUT2D eigenvalue weighted by Crippen LogP contribution is -2.01. The number of hydrogen-bond donors (Lipinski definition) is 1. The van der Waals surface area contributed by atoms with Crippen LogP contribution < -0.4 is 0 Å². The van der Waals surface area contributed by atoms with Gasteiger partial charge in [-0.05, 0) is 34.2 Å². The van der Waals surface area contributed by atoms with Gasteiger partial charge in [-0.1, -0.05) is 43.3 Å². The lowest BCUT2D eigenvalue weighted by atomic mass is 9.99. The van der Waals surface area contributed by atoms with Gasteiger partial charge in [0.25, 0.3) is 0 Å². The van der Waals surface area contributed by atoms with Crippen molar-refractivity contribution in [3.63, 3.8) is 0 Å². The Kier molecular flexibility index (Phi) is 1.83. The molecule has 0 aromatic heterocycles. The minimum atomic E-state index is -0.286. The van der Waals surface area contributed by atoms with Gasteiger partial charge < -0.3 is 5.11 Å². The number of rotatable bonds is 0. The number of aliphatic hydroxyl groups excluding tert-OH is 1. The zero-order valence-corrected chi connectivity index (χ0v) is 8.77. The van der Waals surface area contributed by atoms with Crippen LogP contribution >= 0.6 is 0 Å². The van der Waals surface area contributed by atoms with Gasteiger partial charge in [0, 0.05) is 0 Å². The molecule has 3 rings (SSSR count). The summed E-state index contributed by atoms with van der Waals surface area (Å²) in [6, 6.07) is 12.6. The number of hydrogen-bond acceptors (Lipinski definition) is 1. The van der Waals surface area contributed by atoms with Crippen LogP contribution in [0.25, 0.3) is 10.8 Å². The van der Waals surface area contributed by atoms with E-state index in [0.29, 0.717) is 5.92 Å². The van der Waals surface area contributed by atoms with Crippen molar-refractivity contribution in [2.75, 3.05) is 0 Å². The van der Waals surface area contributed by atoms with Gasteiger partial charge in [0.15, 0.2) is 0 Å². The Labute approximate surface area is 89.4 Å². The van der Waals surface area contributed by atoms with E-state index in [1.165, 1.54) is 16.3 Å². The highest BCUT2D eigenvalue weighted by Crippen LogP contribution is 2.39. The first-order chi connectivity index (χ1) is 7.27. The Bertz CT molecular complexity index is 516. The van der Waals surface area contributed by atoms with Gasteiger partial charge in [-0.25, -0.2) is 0 Å². The molecule has 1 N–H and O–H groups in total. The van der Waals surface area contributed by atoms with Gasteiger partial charge >= 0.3 is 0 Å². The minimum Gasteiger partial charge on any atom is -0.388 e. The van der Waals surface area contributed by atoms with Crippen LogP contribution in [0.2, 0.25) is 0 Å². The molecule has 0 saturated carbocycles. The van der Waals surface area contributed by atoms with E-state index >= 15 is 0 Å². The predicted molar refractivity (Wildman–Crippen MR) is 61.8 cm³/mol. The summed E-state index contributed by atoms with van der Waals surface area (Å²) in [5.74, 6) is 0.353. The molecule has 0 aliphatic heterocycles. The highest BCUT2D eigenvalue weighted by Gasteiger charge is 2.28. The van der Waals surface area contributed by atoms with Crippen molar-refractivity contribution in [1.29, 1.82) is 0 Å². The van der Waals surface area contributed by atoms with Gasteiger partial charge in [-0.3, -0.25) is 0 Å². The molecule has 2 aromatic carbocycles. The summed E-state index contributed by atoms with van der Waals surface area (Å²) in [5.41, 5.74) is 2.47. The highest BCUT2D eigenvalue weighted by atomic mass is 16.3. The Balaban J connectivity index is 2.35. The molecule has 15 heavy (non-hydrogen) atoms. The van der Waals surface area contributed by atoms with Crippen molar-refractivity contribution >= 4 is 10.8 Å². The normalized spacial score (nSPS) is 24.4. The van der Waals surface area contributed by atoms with Crippen LogP contribution in [0.4, 0.5) is 0 Å². The molecule has 76 valence electrons. The first-order valence-corrected chi connectivity index (χ1v) is 5.46. The van der Waals surface area contributed by atoms with Crippen molar-refractivity contribution in [3.05, 3.63) is 47.5 Å². The van der Waals surface area contributed by atoms with Gasteiger partial charge in [0.2, 0.25) is 0 Å². The van der Waals surface area contributed by atoms with Gasteiger partial charge in [0.1, 0.15) is 0 Å². The van der Waals surface area contributed by atoms with Crippen LogP contribution in [0.5, 0.6) is 0 Å². The Morgan fingerprint density at radius 3 is 2.80 bits per heavy atom. The fourth-order valence-corrected chi connectivity index (χ4v) is 2.61. The second kappa shape index (κ2) is 3.07. The maximum atomic E-state index is 10.1. The van der Waals surface area contributed by atoms with Crippen LogP contribution in [0.3, 0.4) is 0 Å². The first-order valence-electron chi connectivity index (χ1n) is 5.46. The average molecular weight is 198 g/mol. The standard InChI is InChI=1S/C14H14O/c1-9-8-11-7-6-10-4-2-3-5-12(10)13(11)14(9)15/h2-7,9,14-15H,8H2,1H3/t9-,14+/m0/s1. The van der Waals surface area contributed by atoms with Crippen LogP contribution in [0.15, 0.2) is 36.4 Å². The van der Waals surface area contributed by atoms with Gasteiger partial charge in [-0.15, -0.1) is 0 Å². The molecule has 2 atom stereocenters. The first kappa shape index (κ1) is 8.93. The number of fused-ring (bicyclic) bond motifs is 3. The molecule has 0 bridgehead atoms. The molecule has 0 radical (unpaired) electrons. The predicted octanol–water partition coefficient (Wildman–Crippen LogP) is 3.07. The SMILES string of the molecule is C[C@H]1Cc2ccc3ccccc3c2[C@@H]1O. The zero-order chi connectivity index (χ0) is 10.4. The van der Waals surface area contributed by atoms with E-state index in [-0.39, 0.29) is 6.10 Å². The smallest absolute Gasteiger partial charge is 0.0827 e. The fraction of sp³-hybridized carbons (Fsp3) is 0.286. The topological polar surface area (TPSA) is 20.2 Å². The molecule has 1 aliphatic carbocycles. The lowest BCUT2D eigenvalue weighted by Gasteiger charge is -2.11. The Morgan fingerprint density at radius 2 is 1.93 bits per heavy atom. The third-order valence-electron chi connectivity index (χ3n) is 3.44. The summed E-state index contributed by atoms with van der Waals surface area (Å²) >= 11 is 0. The molecule has 0 amide bonds. The molecule has 2 aromatic rings. The van der Waals surface area contributed by atoms with Gasteiger partial charge in [0.05, 0.1) is 6.10 Å². The van der Waals surface area contributed by atoms with E-state index in [1.807, 2.05) is 12.1 Å². The van der Waals surface area contributed by atoms with Crippen molar-refractivity contribution in [2.45, 2.75) is 19.4 Å². The summed E-state index contributed by atoms with van der Waals surface area (Å²) in [5, 5.41) is 12.6. The molecule has 0 saturated heterocycles. The van der Waals surface area contributed by atoms with E-state index in [1.54, 1.807) is 0 Å². The van der Waals surface area contributed by atoms with E-state index < -0.39 is 0 Å². The molecular weight excluding hydrogens is 184 g/mol. The lowest BCUT2D eigenvalue weighted by molar-refractivity contribution is 0.134. The molecule has 1 heteroatoms. The maximum absolute atomic E-state index is 10.1. The molecule has 0 fully saturated rings. The monoisotopic (exact) mass is 198 g/mol. The second-order valence-electron chi connectivity index (χ2n) is 4.49. The van der Waals surface area contributed by atoms with E-state index in [9.17, 15) is 5.11 Å². The molecule has 0 spiro atoms. The zero-order valence-electron chi connectivity index (χ0n) is 8.77. The quantitative estimate of drug-likeness (QED) is 0.689. The van der Waals surface area contributed by atoms with E-state index in [2.05, 4.69) is 31.2 Å². The molecule has 1 aliphatic rings. The maximum Gasteiger partial charge on any atom is 0.0827 e. The summed E-state index contributed by atoms with van der Waals surface area (Å²) in [4.78, 5) is 0. The third kappa shape index (κ3) is 1.20. The average Bonchev–Trinajstić information content (AvgIpc) is 2.55. The Morgan fingerprint density at radius 1 is 1.13 bits per heavy atom. The van der Waals surface area contributed by atoms with Crippen molar-refractivity contribution in [1.82, 2.24) is 0 Å². The van der Waals surface area contributed by atoms with Crippen LogP contribution in [-0.4, -0.2) is 5.11 Å². The Hall–Kier alpha value is -1.34. The second-order valence-corrected chi connectivity index (χ2v) is 4.49. The number of aliphatic hydroxyl groups is 1. The molecular formula is C14H14O. The minimum absolute atomic E-state index is 0.286. The molecule has 0 unspecified atom stereocenters. The molecule has 0 heterocycles. The summed E-state index contributed by atoms with van der Waals surface area (Å²) in [6.45, 7) is 2.11. The molecule has 1 nitrogen and oxygen atoms in total. The third-order valence-corrected chi connectivity index (χ3v) is 3.44. The summed E-state index contributed by atoms with van der Waals surface area (Å²) in [7, 11) is 0. The van der Waals surface area contributed by atoms with Crippen LogP contribution in [0, 0.1) is 5.92 Å². The van der Waals surface area contributed by atoms with Crippen molar-refractivity contribution < 1.29 is 5.11 Å². The summed E-state index contributed by atoms with van der Waals surface area (Å²) in [6.07, 6.45) is 0.715. The summed E-state index contributed by atoms with van der Waals surface area (Å²) < 4.78 is 0. The van der Waals surface area contributed by atoms with E-state index in [4.69, 9.17) is 0 Å². The van der Waals surface area contributed by atoms with Gasteiger partial charge in [-0.2, -0.15) is 0 Å².